The zero-order valence-corrected chi connectivity index (χ0v) is 8.12. The van der Waals surface area contributed by atoms with Crippen molar-refractivity contribution in [2.45, 2.75) is 32.2 Å². The maximum Gasteiger partial charge on any atom is 0.0672 e. The third-order valence-corrected chi connectivity index (χ3v) is 2.80. The van der Waals surface area contributed by atoms with Gasteiger partial charge in [0.15, 0.2) is 0 Å². The Morgan fingerprint density at radius 3 is 2.77 bits per heavy atom. The van der Waals surface area contributed by atoms with Crippen LogP contribution in [0, 0.1) is 0 Å². The Balaban J connectivity index is 2.45. The van der Waals surface area contributed by atoms with Crippen LogP contribution in [0.15, 0.2) is 24.3 Å². The molecule has 2 nitrogen and oxygen atoms in total. The van der Waals surface area contributed by atoms with E-state index in [1.165, 1.54) is 10.6 Å². The summed E-state index contributed by atoms with van der Waals surface area (Å²) in [6.07, 6.45) is 2.06. The smallest absolute Gasteiger partial charge is 0.0672 e. The van der Waals surface area contributed by atoms with E-state index in [9.17, 15) is 5.21 Å². The summed E-state index contributed by atoms with van der Waals surface area (Å²) in [5, 5.41) is 11.3. The van der Waals surface area contributed by atoms with Crippen LogP contribution >= 0.6 is 0 Å². The molecule has 1 N–H and O–H groups in total. The molecule has 1 aromatic rings. The Labute approximate surface area is 78.8 Å². The van der Waals surface area contributed by atoms with Gasteiger partial charge in [0.25, 0.3) is 0 Å². The Bertz CT molecular complexity index is 320. The number of anilines is 1. The molecule has 1 aromatic carbocycles. The molecular weight excluding hydrogens is 162 g/mol. The van der Waals surface area contributed by atoms with Gasteiger partial charge in [0.05, 0.1) is 11.2 Å². The molecule has 0 unspecified atom stereocenters. The lowest BCUT2D eigenvalue weighted by Crippen LogP contribution is -2.45. The predicted molar refractivity (Wildman–Crippen MR) is 53.1 cm³/mol. The first-order valence-electron chi connectivity index (χ1n) is 4.68. The Morgan fingerprint density at radius 2 is 2.00 bits per heavy atom. The molecule has 0 bridgehead atoms. The largest absolute Gasteiger partial charge is 0.288 e. The highest BCUT2D eigenvalue weighted by molar-refractivity contribution is 5.55. The number of para-hydroxylation sites is 1. The highest BCUT2D eigenvalue weighted by Crippen LogP contribution is 2.34. The van der Waals surface area contributed by atoms with E-state index in [0.29, 0.717) is 0 Å². The summed E-state index contributed by atoms with van der Waals surface area (Å²) in [7, 11) is 0. The topological polar surface area (TPSA) is 23.5 Å². The van der Waals surface area contributed by atoms with Crippen LogP contribution < -0.4 is 5.06 Å². The number of benzene rings is 1. The third-order valence-electron chi connectivity index (χ3n) is 2.80. The fourth-order valence-corrected chi connectivity index (χ4v) is 1.80. The Hall–Kier alpha value is -1.02. The van der Waals surface area contributed by atoms with Crippen LogP contribution in [-0.2, 0) is 6.42 Å². The van der Waals surface area contributed by atoms with E-state index in [4.69, 9.17) is 0 Å². The first-order valence-corrected chi connectivity index (χ1v) is 4.68. The minimum atomic E-state index is -0.131. The van der Waals surface area contributed by atoms with Gasteiger partial charge in [0.1, 0.15) is 0 Å². The summed E-state index contributed by atoms with van der Waals surface area (Å²) in [6.45, 7) is 4.12. The van der Waals surface area contributed by atoms with Crippen molar-refractivity contribution in [2.75, 3.05) is 5.06 Å². The molecular formula is C11H15NO. The van der Waals surface area contributed by atoms with Crippen molar-refractivity contribution in [3.8, 4) is 0 Å². The van der Waals surface area contributed by atoms with Gasteiger partial charge in [-0.15, -0.1) is 0 Å². The van der Waals surface area contributed by atoms with E-state index in [2.05, 4.69) is 19.9 Å². The van der Waals surface area contributed by atoms with Crippen molar-refractivity contribution in [1.29, 1.82) is 0 Å². The molecule has 0 saturated heterocycles. The van der Waals surface area contributed by atoms with E-state index >= 15 is 0 Å². The molecule has 0 aliphatic carbocycles. The number of rotatable bonds is 0. The number of nitrogens with zero attached hydrogens (tertiary/aromatic N) is 1. The summed E-state index contributed by atoms with van der Waals surface area (Å²) in [5.74, 6) is 0. The van der Waals surface area contributed by atoms with Gasteiger partial charge in [0, 0.05) is 0 Å². The first-order chi connectivity index (χ1) is 6.11. The molecule has 0 radical (unpaired) electrons. The minimum Gasteiger partial charge on any atom is -0.288 e. The molecule has 2 heteroatoms. The van der Waals surface area contributed by atoms with Gasteiger partial charge in [-0.05, 0) is 38.3 Å². The lowest BCUT2D eigenvalue weighted by atomic mass is 9.89. The second-order valence-electron chi connectivity index (χ2n) is 4.25. The normalized spacial score (nSPS) is 19.8. The van der Waals surface area contributed by atoms with Crippen LogP contribution in [0.2, 0.25) is 0 Å². The Morgan fingerprint density at radius 1 is 1.31 bits per heavy atom. The minimum absolute atomic E-state index is 0.131. The van der Waals surface area contributed by atoms with Gasteiger partial charge in [-0.3, -0.25) is 10.3 Å². The Kier molecular flexibility index (Phi) is 1.81. The number of hydrogen-bond acceptors (Lipinski definition) is 2. The second-order valence-corrected chi connectivity index (χ2v) is 4.25. The second kappa shape index (κ2) is 2.74. The summed E-state index contributed by atoms with van der Waals surface area (Å²) >= 11 is 0. The lowest BCUT2D eigenvalue weighted by Gasteiger charge is -2.40. The van der Waals surface area contributed by atoms with Crippen LogP contribution in [0.1, 0.15) is 25.8 Å². The fourth-order valence-electron chi connectivity index (χ4n) is 1.80. The van der Waals surface area contributed by atoms with Crippen molar-refractivity contribution in [2.24, 2.45) is 0 Å². The van der Waals surface area contributed by atoms with E-state index in [1.807, 2.05) is 18.2 Å². The molecule has 0 fully saturated rings. The summed E-state index contributed by atoms with van der Waals surface area (Å²) < 4.78 is 0. The number of hydrogen-bond donors (Lipinski definition) is 1. The summed E-state index contributed by atoms with van der Waals surface area (Å²) in [4.78, 5) is 0. The maximum atomic E-state index is 9.92. The van der Waals surface area contributed by atoms with E-state index < -0.39 is 0 Å². The van der Waals surface area contributed by atoms with Gasteiger partial charge in [-0.25, -0.2) is 0 Å². The van der Waals surface area contributed by atoms with Crippen LogP contribution in [-0.4, -0.2) is 10.7 Å². The molecule has 13 heavy (non-hydrogen) atoms. The van der Waals surface area contributed by atoms with Crippen molar-refractivity contribution < 1.29 is 5.21 Å². The quantitative estimate of drug-likeness (QED) is 0.658. The van der Waals surface area contributed by atoms with Crippen LogP contribution in [0.5, 0.6) is 0 Å². The van der Waals surface area contributed by atoms with E-state index in [-0.39, 0.29) is 5.54 Å². The molecule has 2 rings (SSSR count). The van der Waals surface area contributed by atoms with Crippen LogP contribution in [0.4, 0.5) is 5.69 Å². The number of aryl methyl sites for hydroxylation is 1. The molecule has 0 amide bonds. The zero-order valence-electron chi connectivity index (χ0n) is 8.12. The van der Waals surface area contributed by atoms with Gasteiger partial charge < -0.3 is 0 Å². The standard InChI is InChI=1S/C11H15NO/c1-11(2)8-7-9-5-3-4-6-10(9)12(11)13/h3-6,13H,7-8H2,1-2H3. The van der Waals surface area contributed by atoms with Crippen molar-refractivity contribution in [3.63, 3.8) is 0 Å². The number of fused-ring (bicyclic) bond motifs is 1. The molecule has 0 spiro atoms. The van der Waals surface area contributed by atoms with E-state index in [0.717, 1.165) is 18.5 Å². The SMILES string of the molecule is CC1(C)CCc2ccccc2N1O. The average molecular weight is 177 g/mol. The monoisotopic (exact) mass is 177 g/mol. The summed E-state index contributed by atoms with van der Waals surface area (Å²) in [6, 6.07) is 8.03. The predicted octanol–water partition coefficient (Wildman–Crippen LogP) is 2.61. The molecule has 0 saturated carbocycles. The molecule has 0 atom stereocenters. The van der Waals surface area contributed by atoms with Crippen molar-refractivity contribution >= 4 is 5.69 Å². The molecule has 70 valence electrons. The first kappa shape index (κ1) is 8.57. The maximum absolute atomic E-state index is 9.92. The summed E-state index contributed by atoms with van der Waals surface area (Å²) in [5.41, 5.74) is 2.07. The van der Waals surface area contributed by atoms with Crippen LogP contribution in [0.3, 0.4) is 0 Å². The zero-order chi connectivity index (χ0) is 9.47. The van der Waals surface area contributed by atoms with Crippen LogP contribution in [0.25, 0.3) is 0 Å². The van der Waals surface area contributed by atoms with Gasteiger partial charge in [-0.1, -0.05) is 18.2 Å². The molecule has 1 aliphatic heterocycles. The van der Waals surface area contributed by atoms with Gasteiger partial charge in [-0.2, -0.15) is 0 Å². The van der Waals surface area contributed by atoms with Gasteiger partial charge >= 0.3 is 0 Å². The van der Waals surface area contributed by atoms with Crippen molar-refractivity contribution in [1.82, 2.24) is 0 Å². The van der Waals surface area contributed by atoms with Gasteiger partial charge in [0.2, 0.25) is 0 Å². The lowest BCUT2D eigenvalue weighted by molar-refractivity contribution is 0.155. The molecule has 1 heterocycles. The fraction of sp³-hybridized carbons (Fsp3) is 0.455. The molecule has 1 aliphatic rings. The number of hydroxylamine groups is 1. The highest BCUT2D eigenvalue weighted by Gasteiger charge is 2.31. The third kappa shape index (κ3) is 1.31. The average Bonchev–Trinajstić information content (AvgIpc) is 2.13. The highest BCUT2D eigenvalue weighted by atomic mass is 16.5. The molecule has 0 aromatic heterocycles. The van der Waals surface area contributed by atoms with Crippen molar-refractivity contribution in [3.05, 3.63) is 29.8 Å². The van der Waals surface area contributed by atoms with E-state index in [1.54, 1.807) is 0 Å².